The number of nitrogens with zero attached hydrogens (tertiary/aromatic N) is 3. The molecule has 0 fully saturated rings. The van der Waals surface area contributed by atoms with Gasteiger partial charge in [-0.1, -0.05) is 29.3 Å². The number of hydrogen-bond donors (Lipinski definition) is 2. The molecule has 0 aliphatic carbocycles. The summed E-state index contributed by atoms with van der Waals surface area (Å²) in [5.74, 6) is 5.22. The van der Waals surface area contributed by atoms with Gasteiger partial charge in [-0.25, -0.2) is 4.68 Å². The Morgan fingerprint density at radius 3 is 2.29 bits per heavy atom. The van der Waals surface area contributed by atoms with Gasteiger partial charge in [-0.2, -0.15) is 10.5 Å². The molecular weight excluding hydrogens is 313 g/mol. The van der Waals surface area contributed by atoms with Gasteiger partial charge in [0.2, 0.25) is 0 Å². The first-order valence-corrected chi connectivity index (χ1v) is 6.27. The molecule has 0 atom stereocenters. The Morgan fingerprint density at radius 1 is 1.14 bits per heavy atom. The number of pyridine rings is 1. The monoisotopic (exact) mass is 319 g/mol. The van der Waals surface area contributed by atoms with E-state index >= 15 is 0 Å². The van der Waals surface area contributed by atoms with Crippen molar-refractivity contribution in [2.75, 3.05) is 11.6 Å². The van der Waals surface area contributed by atoms with Gasteiger partial charge in [0.25, 0.3) is 5.56 Å². The Kier molecular flexibility index (Phi) is 3.77. The van der Waals surface area contributed by atoms with E-state index in [2.05, 4.69) is 0 Å². The van der Waals surface area contributed by atoms with Gasteiger partial charge in [0, 0.05) is 21.2 Å². The molecule has 0 aliphatic rings. The SMILES string of the molecule is N#Cc1c(-c2ccc(Cl)cc2Cl)c(C#N)c(=O)n(N)c1N. The Bertz CT molecular complexity index is 889. The molecule has 2 aromatic rings. The molecule has 0 bridgehead atoms. The quantitative estimate of drug-likeness (QED) is 0.777. The maximum atomic E-state index is 12.0. The normalized spacial score (nSPS) is 9.90. The van der Waals surface area contributed by atoms with Gasteiger partial charge >= 0.3 is 0 Å². The van der Waals surface area contributed by atoms with Crippen molar-refractivity contribution in [1.82, 2.24) is 4.68 Å². The van der Waals surface area contributed by atoms with E-state index in [1.165, 1.54) is 18.2 Å². The number of hydrogen-bond acceptors (Lipinski definition) is 5. The molecule has 104 valence electrons. The van der Waals surface area contributed by atoms with Crippen molar-refractivity contribution >= 4 is 29.0 Å². The van der Waals surface area contributed by atoms with Crippen molar-refractivity contribution in [2.45, 2.75) is 0 Å². The molecule has 0 saturated carbocycles. The first-order chi connectivity index (χ1) is 9.92. The van der Waals surface area contributed by atoms with Crippen molar-refractivity contribution in [2.24, 2.45) is 0 Å². The van der Waals surface area contributed by atoms with Crippen molar-refractivity contribution in [1.29, 1.82) is 10.5 Å². The lowest BCUT2D eigenvalue weighted by Gasteiger charge is -2.13. The van der Waals surface area contributed by atoms with E-state index in [0.29, 0.717) is 15.3 Å². The summed E-state index contributed by atoms with van der Waals surface area (Å²) in [4.78, 5) is 12.0. The summed E-state index contributed by atoms with van der Waals surface area (Å²) in [6.45, 7) is 0. The van der Waals surface area contributed by atoms with Gasteiger partial charge in [0.15, 0.2) is 0 Å². The summed E-state index contributed by atoms with van der Waals surface area (Å²) in [7, 11) is 0. The van der Waals surface area contributed by atoms with E-state index in [0.717, 1.165) is 0 Å². The number of aromatic nitrogens is 1. The van der Waals surface area contributed by atoms with Gasteiger partial charge in [-0.05, 0) is 12.1 Å². The van der Waals surface area contributed by atoms with Crippen LogP contribution in [0.5, 0.6) is 0 Å². The van der Waals surface area contributed by atoms with Crippen LogP contribution in [0.2, 0.25) is 10.0 Å². The minimum Gasteiger partial charge on any atom is -0.382 e. The highest BCUT2D eigenvalue weighted by molar-refractivity contribution is 6.36. The topological polar surface area (TPSA) is 122 Å². The van der Waals surface area contributed by atoms with Gasteiger partial charge in [-0.3, -0.25) is 4.79 Å². The molecule has 0 aliphatic heterocycles. The van der Waals surface area contributed by atoms with Crippen molar-refractivity contribution in [3.05, 3.63) is 49.7 Å². The third kappa shape index (κ3) is 2.27. The second kappa shape index (κ2) is 5.37. The summed E-state index contributed by atoms with van der Waals surface area (Å²) in [6, 6.07) is 8.03. The van der Waals surface area contributed by atoms with Crippen LogP contribution in [0.4, 0.5) is 5.82 Å². The highest BCUT2D eigenvalue weighted by Gasteiger charge is 2.22. The maximum absolute atomic E-state index is 12.0. The summed E-state index contributed by atoms with van der Waals surface area (Å²) >= 11 is 11.9. The van der Waals surface area contributed by atoms with Crippen LogP contribution in [0.1, 0.15) is 11.1 Å². The summed E-state index contributed by atoms with van der Waals surface area (Å²) in [5.41, 5.74) is 4.80. The minimum atomic E-state index is -0.810. The molecule has 1 aromatic carbocycles. The fourth-order valence-electron chi connectivity index (χ4n) is 1.89. The van der Waals surface area contributed by atoms with Gasteiger partial charge in [0.05, 0.1) is 0 Å². The van der Waals surface area contributed by atoms with Crippen LogP contribution in [0.15, 0.2) is 23.0 Å². The first-order valence-electron chi connectivity index (χ1n) is 5.51. The zero-order chi connectivity index (χ0) is 15.7. The molecule has 4 N–H and O–H groups in total. The molecule has 21 heavy (non-hydrogen) atoms. The van der Waals surface area contributed by atoms with E-state index in [-0.39, 0.29) is 27.5 Å². The van der Waals surface area contributed by atoms with Crippen LogP contribution < -0.4 is 17.1 Å². The fraction of sp³-hybridized carbons (Fsp3) is 0. The lowest BCUT2D eigenvalue weighted by atomic mass is 9.96. The van der Waals surface area contributed by atoms with Crippen molar-refractivity contribution < 1.29 is 0 Å². The Balaban J connectivity index is 3.02. The molecule has 8 heteroatoms. The second-order valence-corrected chi connectivity index (χ2v) is 4.88. The molecule has 0 amide bonds. The number of nitrogens with two attached hydrogens (primary N) is 2. The average molecular weight is 320 g/mol. The van der Waals surface area contributed by atoms with Crippen LogP contribution in [0.3, 0.4) is 0 Å². The number of rotatable bonds is 1. The summed E-state index contributed by atoms with van der Waals surface area (Å²) in [5, 5.41) is 19.0. The smallest absolute Gasteiger partial charge is 0.289 e. The number of nitrogen functional groups attached to an aromatic ring is 2. The number of benzene rings is 1. The zero-order valence-electron chi connectivity index (χ0n) is 10.4. The van der Waals surface area contributed by atoms with E-state index in [4.69, 9.17) is 34.8 Å². The Morgan fingerprint density at radius 2 is 1.76 bits per heavy atom. The maximum Gasteiger partial charge on any atom is 0.289 e. The average Bonchev–Trinajstić information content (AvgIpc) is 2.45. The van der Waals surface area contributed by atoms with E-state index < -0.39 is 5.56 Å². The first kappa shape index (κ1) is 14.7. The number of halogens is 2. The van der Waals surface area contributed by atoms with E-state index in [1.54, 1.807) is 6.07 Å². The molecule has 1 heterocycles. The number of anilines is 1. The van der Waals surface area contributed by atoms with Gasteiger partial charge < -0.3 is 11.6 Å². The van der Waals surface area contributed by atoms with Gasteiger partial charge in [-0.15, -0.1) is 0 Å². The Labute approximate surface area is 129 Å². The molecule has 6 nitrogen and oxygen atoms in total. The van der Waals surface area contributed by atoms with Crippen LogP contribution in [-0.4, -0.2) is 4.68 Å². The van der Waals surface area contributed by atoms with Crippen LogP contribution in [0.25, 0.3) is 11.1 Å². The van der Waals surface area contributed by atoms with E-state index in [1.807, 2.05) is 6.07 Å². The molecule has 0 spiro atoms. The van der Waals surface area contributed by atoms with Gasteiger partial charge in [0.1, 0.15) is 29.1 Å². The standard InChI is InChI=1S/C13H7Cl2N5O/c14-6-1-2-7(10(15)3-6)11-8(4-16)12(18)20(19)13(21)9(11)5-17/h1-3H,18-19H2. The minimum absolute atomic E-state index is 0.0471. The van der Waals surface area contributed by atoms with Crippen LogP contribution >= 0.6 is 23.2 Å². The van der Waals surface area contributed by atoms with Crippen LogP contribution in [-0.2, 0) is 0 Å². The summed E-state index contributed by atoms with van der Waals surface area (Å²) in [6.07, 6.45) is 0. The Hall–Kier alpha value is -2.67. The van der Waals surface area contributed by atoms with Crippen molar-refractivity contribution in [3.8, 4) is 23.3 Å². The largest absolute Gasteiger partial charge is 0.382 e. The fourth-order valence-corrected chi connectivity index (χ4v) is 2.39. The molecule has 2 rings (SSSR count). The lowest BCUT2D eigenvalue weighted by Crippen LogP contribution is -2.33. The third-order valence-electron chi connectivity index (χ3n) is 2.87. The van der Waals surface area contributed by atoms with Crippen LogP contribution in [0, 0.1) is 22.7 Å². The van der Waals surface area contributed by atoms with E-state index in [9.17, 15) is 15.3 Å². The molecule has 0 radical (unpaired) electrons. The number of nitriles is 2. The third-order valence-corrected chi connectivity index (χ3v) is 3.42. The molecule has 1 aromatic heterocycles. The second-order valence-electron chi connectivity index (χ2n) is 4.03. The lowest BCUT2D eigenvalue weighted by molar-refractivity contribution is 0.942. The molecule has 0 saturated heterocycles. The highest BCUT2D eigenvalue weighted by Crippen LogP contribution is 2.35. The molecule has 0 unspecified atom stereocenters. The molecular formula is C13H7Cl2N5O. The zero-order valence-corrected chi connectivity index (χ0v) is 11.9. The highest BCUT2D eigenvalue weighted by atomic mass is 35.5. The summed E-state index contributed by atoms with van der Waals surface area (Å²) < 4.78 is 0.560. The predicted molar refractivity (Wildman–Crippen MR) is 80.2 cm³/mol. The van der Waals surface area contributed by atoms with Crippen molar-refractivity contribution in [3.63, 3.8) is 0 Å². The predicted octanol–water partition coefficient (Wildman–Crippen LogP) is 1.86.